The van der Waals surface area contributed by atoms with Crippen molar-refractivity contribution in [1.29, 1.82) is 0 Å². The fourth-order valence-corrected chi connectivity index (χ4v) is 2.97. The first-order chi connectivity index (χ1) is 11.1. The zero-order chi connectivity index (χ0) is 17.7. The summed E-state index contributed by atoms with van der Waals surface area (Å²) in [5, 5.41) is 10.4. The van der Waals surface area contributed by atoms with Gasteiger partial charge in [-0.2, -0.15) is 0 Å². The van der Waals surface area contributed by atoms with Gasteiger partial charge in [-0.15, -0.1) is 0 Å². The molecule has 0 bridgehead atoms. The minimum atomic E-state index is -0.699. The Kier molecular flexibility index (Phi) is 4.20. The standard InChI is InChI=1S/C18H25FN2O3/c1-17(2,9-22)15-6-10-5-11(12(19)7-13(10)21-15)16(20)14-8-23-18(3,4)24-14/h5-7,14,16,21-22H,8-9,20H2,1-4H3. The Bertz CT molecular complexity index is 754. The summed E-state index contributed by atoms with van der Waals surface area (Å²) < 4.78 is 25.8. The molecule has 24 heavy (non-hydrogen) atoms. The van der Waals surface area contributed by atoms with E-state index in [9.17, 15) is 9.50 Å². The molecule has 3 rings (SSSR count). The van der Waals surface area contributed by atoms with Crippen molar-refractivity contribution in [3.8, 4) is 0 Å². The number of aliphatic hydroxyl groups is 1. The lowest BCUT2D eigenvalue weighted by Crippen LogP contribution is -2.31. The number of aromatic nitrogens is 1. The molecular formula is C18H25FN2O3. The van der Waals surface area contributed by atoms with Gasteiger partial charge in [0.1, 0.15) is 11.9 Å². The number of hydrogen-bond acceptors (Lipinski definition) is 4. The van der Waals surface area contributed by atoms with Crippen molar-refractivity contribution in [2.24, 2.45) is 5.73 Å². The zero-order valence-corrected chi connectivity index (χ0v) is 14.5. The SMILES string of the molecule is CC1(C)OCC(C(N)c2cc3cc(C(C)(C)CO)[nH]c3cc2F)O1. The third-order valence-corrected chi connectivity index (χ3v) is 4.65. The first-order valence-electron chi connectivity index (χ1n) is 8.14. The van der Waals surface area contributed by atoms with Crippen molar-refractivity contribution in [1.82, 2.24) is 4.98 Å². The topological polar surface area (TPSA) is 80.5 Å². The maximum absolute atomic E-state index is 14.6. The van der Waals surface area contributed by atoms with E-state index in [2.05, 4.69) is 4.98 Å². The fraction of sp³-hybridized carbons (Fsp3) is 0.556. The van der Waals surface area contributed by atoms with Crippen LogP contribution in [0.25, 0.3) is 10.9 Å². The van der Waals surface area contributed by atoms with Crippen molar-refractivity contribution in [2.45, 2.75) is 51.0 Å². The monoisotopic (exact) mass is 336 g/mol. The summed E-state index contributed by atoms with van der Waals surface area (Å²) in [5.41, 5.74) is 7.75. The normalized spacial score (nSPS) is 22.2. The van der Waals surface area contributed by atoms with Gasteiger partial charge in [-0.05, 0) is 32.0 Å². The van der Waals surface area contributed by atoms with E-state index < -0.39 is 17.2 Å². The van der Waals surface area contributed by atoms with E-state index in [1.165, 1.54) is 6.07 Å². The summed E-state index contributed by atoms with van der Waals surface area (Å²) >= 11 is 0. The van der Waals surface area contributed by atoms with E-state index in [0.29, 0.717) is 17.7 Å². The molecule has 2 atom stereocenters. The smallest absolute Gasteiger partial charge is 0.163 e. The van der Waals surface area contributed by atoms with E-state index in [4.69, 9.17) is 15.2 Å². The van der Waals surface area contributed by atoms with Crippen LogP contribution in [-0.2, 0) is 14.9 Å². The van der Waals surface area contributed by atoms with Crippen LogP contribution < -0.4 is 5.73 Å². The number of hydrogen-bond donors (Lipinski definition) is 3. The highest BCUT2D eigenvalue weighted by Crippen LogP contribution is 2.33. The molecule has 0 amide bonds. The minimum absolute atomic E-state index is 0.00297. The van der Waals surface area contributed by atoms with E-state index in [-0.39, 0.29) is 18.5 Å². The van der Waals surface area contributed by atoms with Crippen LogP contribution >= 0.6 is 0 Å². The predicted octanol–water partition coefficient (Wildman–Crippen LogP) is 2.73. The lowest BCUT2D eigenvalue weighted by Gasteiger charge is -2.21. The van der Waals surface area contributed by atoms with Crippen LogP contribution in [0.3, 0.4) is 0 Å². The Morgan fingerprint density at radius 2 is 2.12 bits per heavy atom. The number of ether oxygens (including phenoxy) is 2. The van der Waals surface area contributed by atoms with Gasteiger partial charge in [-0.25, -0.2) is 4.39 Å². The van der Waals surface area contributed by atoms with Gasteiger partial charge in [-0.1, -0.05) is 13.8 Å². The Balaban J connectivity index is 1.96. The molecule has 2 heterocycles. The molecule has 1 aromatic heterocycles. The average molecular weight is 336 g/mol. The average Bonchev–Trinajstić information content (AvgIpc) is 3.08. The number of nitrogens with two attached hydrogens (primary N) is 1. The van der Waals surface area contributed by atoms with Crippen LogP contribution in [0.15, 0.2) is 18.2 Å². The van der Waals surface area contributed by atoms with Crippen LogP contribution in [0.4, 0.5) is 4.39 Å². The fourth-order valence-electron chi connectivity index (χ4n) is 2.97. The van der Waals surface area contributed by atoms with Gasteiger partial charge in [0.15, 0.2) is 5.79 Å². The highest BCUT2D eigenvalue weighted by atomic mass is 19.1. The number of fused-ring (bicyclic) bond motifs is 1. The summed E-state index contributed by atoms with van der Waals surface area (Å²) in [6.45, 7) is 7.81. The first kappa shape index (κ1) is 17.4. The van der Waals surface area contributed by atoms with Gasteiger partial charge in [0, 0.05) is 27.6 Å². The lowest BCUT2D eigenvalue weighted by molar-refractivity contribution is -0.140. The summed E-state index contributed by atoms with van der Waals surface area (Å²) in [6.07, 6.45) is -0.390. The maximum Gasteiger partial charge on any atom is 0.163 e. The van der Waals surface area contributed by atoms with Gasteiger partial charge in [-0.3, -0.25) is 0 Å². The van der Waals surface area contributed by atoms with E-state index >= 15 is 0 Å². The quantitative estimate of drug-likeness (QED) is 0.802. The first-order valence-corrected chi connectivity index (χ1v) is 8.14. The highest BCUT2D eigenvalue weighted by Gasteiger charge is 2.37. The van der Waals surface area contributed by atoms with Gasteiger partial charge in [0.2, 0.25) is 0 Å². The molecule has 1 fully saturated rings. The molecule has 0 aliphatic carbocycles. The number of benzene rings is 1. The van der Waals surface area contributed by atoms with Crippen molar-refractivity contribution in [2.75, 3.05) is 13.2 Å². The van der Waals surface area contributed by atoms with Crippen molar-refractivity contribution < 1.29 is 19.0 Å². The Labute approximate surface area is 140 Å². The highest BCUT2D eigenvalue weighted by molar-refractivity contribution is 5.82. The zero-order valence-electron chi connectivity index (χ0n) is 14.5. The van der Waals surface area contributed by atoms with Crippen LogP contribution in [0, 0.1) is 5.82 Å². The second kappa shape index (κ2) is 5.81. The van der Waals surface area contributed by atoms with Gasteiger partial charge >= 0.3 is 0 Å². The molecule has 6 heteroatoms. The van der Waals surface area contributed by atoms with E-state index in [1.807, 2.05) is 33.8 Å². The molecule has 2 unspecified atom stereocenters. The van der Waals surface area contributed by atoms with Gasteiger partial charge in [0.25, 0.3) is 0 Å². The molecule has 0 spiro atoms. The molecular weight excluding hydrogens is 311 g/mol. The predicted molar refractivity (Wildman–Crippen MR) is 90.2 cm³/mol. The molecule has 1 saturated heterocycles. The van der Waals surface area contributed by atoms with Gasteiger partial charge < -0.3 is 25.3 Å². The van der Waals surface area contributed by atoms with Crippen LogP contribution in [0.2, 0.25) is 0 Å². The third kappa shape index (κ3) is 3.07. The Morgan fingerprint density at radius 3 is 2.71 bits per heavy atom. The summed E-state index contributed by atoms with van der Waals surface area (Å²) in [4.78, 5) is 3.18. The Hall–Kier alpha value is -1.47. The maximum atomic E-state index is 14.6. The van der Waals surface area contributed by atoms with E-state index in [0.717, 1.165) is 11.1 Å². The number of H-pyrrole nitrogens is 1. The van der Waals surface area contributed by atoms with Crippen molar-refractivity contribution in [3.63, 3.8) is 0 Å². The van der Waals surface area contributed by atoms with Crippen LogP contribution in [-0.4, -0.2) is 35.2 Å². The van der Waals surface area contributed by atoms with Gasteiger partial charge in [0.05, 0.1) is 19.3 Å². The summed E-state index contributed by atoms with van der Waals surface area (Å²) in [5.74, 6) is -1.08. The second-order valence-corrected chi connectivity index (χ2v) is 7.58. The largest absolute Gasteiger partial charge is 0.395 e. The third-order valence-electron chi connectivity index (χ3n) is 4.65. The van der Waals surface area contributed by atoms with Crippen molar-refractivity contribution in [3.05, 3.63) is 35.3 Å². The molecule has 5 nitrogen and oxygen atoms in total. The Morgan fingerprint density at radius 1 is 1.42 bits per heavy atom. The van der Waals surface area contributed by atoms with Crippen LogP contribution in [0.1, 0.15) is 45.0 Å². The number of aliphatic hydroxyl groups excluding tert-OH is 1. The number of halogens is 1. The lowest BCUT2D eigenvalue weighted by atomic mass is 9.90. The second-order valence-electron chi connectivity index (χ2n) is 7.58. The molecule has 132 valence electrons. The molecule has 1 aliphatic rings. The molecule has 0 saturated carbocycles. The molecule has 1 aromatic carbocycles. The molecule has 0 radical (unpaired) electrons. The molecule has 4 N–H and O–H groups in total. The number of rotatable bonds is 4. The summed E-state index contributed by atoms with van der Waals surface area (Å²) in [6, 6.07) is 4.51. The van der Waals surface area contributed by atoms with E-state index in [1.54, 1.807) is 6.07 Å². The minimum Gasteiger partial charge on any atom is -0.395 e. The van der Waals surface area contributed by atoms with Crippen molar-refractivity contribution >= 4 is 10.9 Å². The molecule has 2 aromatic rings. The van der Waals surface area contributed by atoms with Crippen LogP contribution in [0.5, 0.6) is 0 Å². The summed E-state index contributed by atoms with van der Waals surface area (Å²) in [7, 11) is 0. The number of nitrogens with one attached hydrogen (secondary N) is 1. The number of aromatic amines is 1. The molecule has 1 aliphatic heterocycles.